The topological polar surface area (TPSA) is 123 Å². The summed E-state index contributed by atoms with van der Waals surface area (Å²) in [6.45, 7) is 12.9. The molecule has 2 aromatic carbocycles. The molecule has 0 saturated heterocycles. The number of ether oxygens (including phenoxy) is 3. The van der Waals surface area contributed by atoms with Gasteiger partial charge in [0.15, 0.2) is 16.6 Å². The highest BCUT2D eigenvalue weighted by molar-refractivity contribution is 7.80. The van der Waals surface area contributed by atoms with E-state index in [-0.39, 0.29) is 42.3 Å². The van der Waals surface area contributed by atoms with Gasteiger partial charge in [-0.15, -0.1) is 0 Å². The number of nitrogens with two attached hydrogens (primary N) is 1. The van der Waals surface area contributed by atoms with Gasteiger partial charge in [0.25, 0.3) is 0 Å². The van der Waals surface area contributed by atoms with Crippen LogP contribution in [0.4, 0.5) is 0 Å². The second-order valence-electron chi connectivity index (χ2n) is 11.4. The molecular weight excluding hydrogens is 514 g/mol. The highest BCUT2D eigenvalue weighted by Gasteiger charge is 2.27. The standard InChI is InChI=1S/C29H41N5O4S/c1-28(2,3)22-11-8-20(9-12-22)16-23(19-38-26(35)29(4,5)6)34(27(30)39)18-21-10-13-24(25(17-21)36-7)37-15-14-32-33-31/h8-13,17,23H,14-16,18-19H2,1-7H3,(H2,30,39). The number of carbonyl (C=O) groups excluding carboxylic acids is 1. The maximum atomic E-state index is 12.6. The largest absolute Gasteiger partial charge is 0.493 e. The number of carbonyl (C=O) groups is 1. The third kappa shape index (κ3) is 9.96. The molecule has 9 nitrogen and oxygen atoms in total. The normalized spacial score (nSPS) is 12.2. The first-order valence-electron chi connectivity index (χ1n) is 12.9. The van der Waals surface area contributed by atoms with Crippen molar-refractivity contribution in [3.8, 4) is 11.5 Å². The molecule has 2 aromatic rings. The molecule has 0 bridgehead atoms. The van der Waals surface area contributed by atoms with Crippen molar-refractivity contribution in [2.75, 3.05) is 26.9 Å². The lowest BCUT2D eigenvalue weighted by Gasteiger charge is -2.33. The molecule has 0 spiro atoms. The first-order valence-corrected chi connectivity index (χ1v) is 13.3. The van der Waals surface area contributed by atoms with Crippen LogP contribution < -0.4 is 15.2 Å². The summed E-state index contributed by atoms with van der Waals surface area (Å²) in [4.78, 5) is 17.2. The molecule has 0 amide bonds. The van der Waals surface area contributed by atoms with Crippen molar-refractivity contribution in [2.45, 2.75) is 66.0 Å². The Hall–Kier alpha value is -3.49. The molecule has 39 heavy (non-hydrogen) atoms. The van der Waals surface area contributed by atoms with Crippen molar-refractivity contribution >= 4 is 23.3 Å². The Balaban J connectivity index is 2.32. The number of hydrogen-bond donors (Lipinski definition) is 1. The van der Waals surface area contributed by atoms with Crippen LogP contribution in [0.15, 0.2) is 47.6 Å². The molecule has 1 atom stereocenters. The molecule has 2 rings (SSSR count). The molecule has 2 N–H and O–H groups in total. The average molecular weight is 556 g/mol. The summed E-state index contributed by atoms with van der Waals surface area (Å²) in [5.41, 5.74) is 17.3. The van der Waals surface area contributed by atoms with Crippen molar-refractivity contribution in [3.05, 3.63) is 69.6 Å². The lowest BCUT2D eigenvalue weighted by molar-refractivity contribution is -0.154. The van der Waals surface area contributed by atoms with Gasteiger partial charge in [0.2, 0.25) is 0 Å². The van der Waals surface area contributed by atoms with Crippen molar-refractivity contribution < 1.29 is 19.0 Å². The SMILES string of the molecule is COc1cc(CN(C(N)=S)C(COC(=O)C(C)(C)C)Cc2ccc(C(C)(C)C)cc2)ccc1OCCN=[N+]=[N-]. The number of azide groups is 1. The Morgan fingerprint density at radius 3 is 2.26 bits per heavy atom. The molecular formula is C29H41N5O4S. The van der Waals surface area contributed by atoms with Gasteiger partial charge in [-0.3, -0.25) is 4.79 Å². The van der Waals surface area contributed by atoms with E-state index in [1.807, 2.05) is 37.8 Å². The molecule has 0 aromatic heterocycles. The zero-order valence-corrected chi connectivity index (χ0v) is 24.9. The van der Waals surface area contributed by atoms with Crippen LogP contribution in [0.1, 0.15) is 58.2 Å². The molecule has 1 unspecified atom stereocenters. The summed E-state index contributed by atoms with van der Waals surface area (Å²) >= 11 is 5.47. The Morgan fingerprint density at radius 2 is 1.72 bits per heavy atom. The molecule has 0 aliphatic heterocycles. The lowest BCUT2D eigenvalue weighted by atomic mass is 9.86. The number of nitrogens with zero attached hydrogens (tertiary/aromatic N) is 4. The minimum absolute atomic E-state index is 0.0445. The van der Waals surface area contributed by atoms with Crippen LogP contribution in [0.3, 0.4) is 0 Å². The molecule has 0 aliphatic carbocycles. The summed E-state index contributed by atoms with van der Waals surface area (Å²) in [6.07, 6.45) is 0.580. The summed E-state index contributed by atoms with van der Waals surface area (Å²) in [5, 5.41) is 3.68. The predicted molar refractivity (Wildman–Crippen MR) is 158 cm³/mol. The molecule has 0 radical (unpaired) electrons. The number of rotatable bonds is 12. The number of esters is 1. The minimum Gasteiger partial charge on any atom is -0.493 e. The molecule has 0 saturated carbocycles. The fourth-order valence-corrected chi connectivity index (χ4v) is 4.03. The van der Waals surface area contributed by atoms with E-state index in [0.717, 1.165) is 11.1 Å². The second-order valence-corrected chi connectivity index (χ2v) is 11.8. The van der Waals surface area contributed by atoms with Crippen molar-refractivity contribution in [1.29, 1.82) is 0 Å². The zero-order valence-electron chi connectivity index (χ0n) is 24.1. The maximum Gasteiger partial charge on any atom is 0.311 e. The van der Waals surface area contributed by atoms with Crippen LogP contribution in [0, 0.1) is 5.41 Å². The molecule has 0 aliphatic rings. The Morgan fingerprint density at radius 1 is 1.08 bits per heavy atom. The number of benzene rings is 2. The van der Waals surface area contributed by atoms with Crippen molar-refractivity contribution in [2.24, 2.45) is 16.3 Å². The van der Waals surface area contributed by atoms with Gasteiger partial charge in [-0.2, -0.15) is 0 Å². The highest BCUT2D eigenvalue weighted by atomic mass is 32.1. The van der Waals surface area contributed by atoms with Crippen LogP contribution in [-0.2, 0) is 27.9 Å². The molecule has 0 heterocycles. The Kier molecular flexibility index (Phi) is 11.4. The van der Waals surface area contributed by atoms with E-state index >= 15 is 0 Å². The highest BCUT2D eigenvalue weighted by Crippen LogP contribution is 2.29. The van der Waals surface area contributed by atoms with Gasteiger partial charge >= 0.3 is 5.97 Å². The Bertz CT molecular complexity index is 1170. The Labute approximate surface area is 237 Å². The van der Waals surface area contributed by atoms with Crippen LogP contribution in [0.25, 0.3) is 10.4 Å². The van der Waals surface area contributed by atoms with E-state index in [0.29, 0.717) is 24.5 Å². The third-order valence-corrected chi connectivity index (χ3v) is 6.36. The van der Waals surface area contributed by atoms with Gasteiger partial charge in [-0.05, 0) is 79.2 Å². The summed E-state index contributed by atoms with van der Waals surface area (Å²) in [5.74, 6) is 0.776. The van der Waals surface area contributed by atoms with E-state index in [9.17, 15) is 4.79 Å². The maximum absolute atomic E-state index is 12.6. The summed E-state index contributed by atoms with van der Waals surface area (Å²) in [6, 6.07) is 13.7. The lowest BCUT2D eigenvalue weighted by Crippen LogP contribution is -2.47. The van der Waals surface area contributed by atoms with Gasteiger partial charge in [-0.1, -0.05) is 56.2 Å². The van der Waals surface area contributed by atoms with Crippen molar-refractivity contribution in [3.63, 3.8) is 0 Å². The molecule has 10 heteroatoms. The van der Waals surface area contributed by atoms with E-state index in [1.165, 1.54) is 5.56 Å². The van der Waals surface area contributed by atoms with Gasteiger partial charge in [0, 0.05) is 11.5 Å². The summed E-state index contributed by atoms with van der Waals surface area (Å²) in [7, 11) is 1.56. The minimum atomic E-state index is -0.630. The second kappa shape index (κ2) is 14.1. The van der Waals surface area contributed by atoms with Gasteiger partial charge in [0.1, 0.15) is 6.61 Å². The molecule has 212 valence electrons. The first kappa shape index (κ1) is 31.7. The number of methoxy groups -OCH3 is 1. The van der Waals surface area contributed by atoms with Gasteiger partial charge in [0.05, 0.1) is 31.7 Å². The van der Waals surface area contributed by atoms with E-state index in [1.54, 1.807) is 13.2 Å². The number of thiocarbonyl (C=S) groups is 1. The predicted octanol–water partition coefficient (Wildman–Crippen LogP) is 5.93. The summed E-state index contributed by atoms with van der Waals surface area (Å²) < 4.78 is 16.9. The quantitative estimate of drug-likeness (QED) is 0.0860. The van der Waals surface area contributed by atoms with Gasteiger partial charge in [-0.25, -0.2) is 0 Å². The van der Waals surface area contributed by atoms with Crippen LogP contribution in [-0.4, -0.2) is 48.9 Å². The van der Waals surface area contributed by atoms with Crippen LogP contribution in [0.2, 0.25) is 0 Å². The van der Waals surface area contributed by atoms with Crippen molar-refractivity contribution in [1.82, 2.24) is 4.90 Å². The fourth-order valence-electron chi connectivity index (χ4n) is 3.81. The van der Waals surface area contributed by atoms with E-state index < -0.39 is 5.41 Å². The van der Waals surface area contributed by atoms with Gasteiger partial charge < -0.3 is 24.8 Å². The van der Waals surface area contributed by atoms with Crippen LogP contribution >= 0.6 is 12.2 Å². The average Bonchev–Trinajstić information content (AvgIpc) is 2.87. The smallest absolute Gasteiger partial charge is 0.311 e. The monoisotopic (exact) mass is 555 g/mol. The zero-order chi connectivity index (χ0) is 29.2. The fraction of sp³-hybridized carbons (Fsp3) is 0.517. The number of hydrogen-bond acceptors (Lipinski definition) is 6. The van der Waals surface area contributed by atoms with Crippen LogP contribution in [0.5, 0.6) is 11.5 Å². The van der Waals surface area contributed by atoms with E-state index in [4.69, 9.17) is 37.7 Å². The first-order chi connectivity index (χ1) is 18.3. The third-order valence-electron chi connectivity index (χ3n) is 6.13. The molecule has 0 fully saturated rings. The van der Waals surface area contributed by atoms with E-state index in [2.05, 4.69) is 55.1 Å².